The van der Waals surface area contributed by atoms with Crippen molar-refractivity contribution < 1.29 is 0 Å². The van der Waals surface area contributed by atoms with Crippen LogP contribution in [0.2, 0.25) is 0 Å². The summed E-state index contributed by atoms with van der Waals surface area (Å²) in [6, 6.07) is 21.2. The summed E-state index contributed by atoms with van der Waals surface area (Å²) in [5.74, 6) is 0. The molecule has 0 aliphatic heterocycles. The smallest absolute Gasteiger partial charge is 0.0588 e. The second-order valence-corrected chi connectivity index (χ2v) is 6.85. The highest BCUT2D eigenvalue weighted by Crippen LogP contribution is 2.35. The number of benzene rings is 2. The normalized spacial score (nSPS) is 13.6. The van der Waals surface area contributed by atoms with Gasteiger partial charge in [-0.15, -0.1) is 0 Å². The fourth-order valence-corrected chi connectivity index (χ4v) is 3.12. The van der Waals surface area contributed by atoms with Gasteiger partial charge in [0.25, 0.3) is 0 Å². The van der Waals surface area contributed by atoms with Crippen molar-refractivity contribution >= 4 is 5.57 Å². The van der Waals surface area contributed by atoms with Gasteiger partial charge >= 0.3 is 0 Å². The van der Waals surface area contributed by atoms with Crippen molar-refractivity contribution in [3.63, 3.8) is 0 Å². The van der Waals surface area contributed by atoms with Crippen LogP contribution in [0.25, 0.3) is 5.57 Å². The molecule has 25 heavy (non-hydrogen) atoms. The summed E-state index contributed by atoms with van der Waals surface area (Å²) in [5, 5.41) is 0. The van der Waals surface area contributed by atoms with Crippen LogP contribution in [0.4, 0.5) is 0 Å². The van der Waals surface area contributed by atoms with E-state index in [1.165, 1.54) is 27.8 Å². The molecule has 0 fully saturated rings. The highest BCUT2D eigenvalue weighted by Gasteiger charge is 2.27. The zero-order chi connectivity index (χ0) is 17.9. The Bertz CT molecular complexity index is 795. The number of nitrogens with zero attached hydrogens (tertiary/aromatic N) is 1. The Morgan fingerprint density at radius 2 is 1.40 bits per heavy atom. The molecule has 0 N–H and O–H groups in total. The summed E-state index contributed by atoms with van der Waals surface area (Å²) in [6.45, 7) is 8.35. The van der Waals surface area contributed by atoms with Gasteiger partial charge in [0.05, 0.1) is 5.54 Å². The maximum atomic E-state index is 3.91. The van der Waals surface area contributed by atoms with Gasteiger partial charge in [-0.25, -0.2) is 0 Å². The van der Waals surface area contributed by atoms with Gasteiger partial charge in [-0.05, 0) is 54.0 Å². The molecule has 0 heterocycles. The zero-order valence-corrected chi connectivity index (χ0v) is 15.2. The SMILES string of the molecule is C=CN(C)C(C)(C)C1=CC(=C(c2ccccc2)c2ccccc2)C=C1. The largest absolute Gasteiger partial charge is 0.372 e. The van der Waals surface area contributed by atoms with E-state index in [2.05, 4.69) is 111 Å². The Hall–Kier alpha value is -2.80. The Balaban J connectivity index is 2.14. The van der Waals surface area contributed by atoms with Gasteiger partial charge in [0.2, 0.25) is 0 Å². The molecule has 1 aliphatic carbocycles. The molecule has 2 aromatic carbocycles. The van der Waals surface area contributed by atoms with E-state index in [1.807, 2.05) is 6.20 Å². The minimum absolute atomic E-state index is 0.0987. The quantitative estimate of drug-likeness (QED) is 0.667. The molecule has 3 rings (SSSR count). The molecule has 1 aliphatic rings. The van der Waals surface area contributed by atoms with Crippen molar-refractivity contribution in [1.82, 2.24) is 4.90 Å². The van der Waals surface area contributed by atoms with Crippen molar-refractivity contribution in [1.29, 1.82) is 0 Å². The van der Waals surface area contributed by atoms with Gasteiger partial charge < -0.3 is 4.90 Å². The third-order valence-electron chi connectivity index (χ3n) is 5.03. The van der Waals surface area contributed by atoms with Gasteiger partial charge in [-0.2, -0.15) is 0 Å². The summed E-state index contributed by atoms with van der Waals surface area (Å²) in [5.41, 5.74) is 6.18. The zero-order valence-electron chi connectivity index (χ0n) is 15.2. The molecule has 0 bridgehead atoms. The van der Waals surface area contributed by atoms with E-state index in [1.54, 1.807) is 0 Å². The first-order chi connectivity index (χ1) is 12.0. The van der Waals surface area contributed by atoms with Crippen LogP contribution in [0.15, 0.2) is 103 Å². The summed E-state index contributed by atoms with van der Waals surface area (Å²) in [4.78, 5) is 2.15. The molecule has 1 heteroatoms. The molecule has 1 nitrogen and oxygen atoms in total. The molecule has 0 amide bonds. The molecule has 0 saturated heterocycles. The molecule has 126 valence electrons. The molecule has 0 saturated carbocycles. The summed E-state index contributed by atoms with van der Waals surface area (Å²) in [6.07, 6.45) is 8.63. The van der Waals surface area contributed by atoms with Crippen LogP contribution >= 0.6 is 0 Å². The standard InChI is InChI=1S/C24H25N/c1-5-25(4)24(2,3)22-17-16-21(18-22)23(19-12-8-6-9-13-19)20-14-10-7-11-15-20/h5-18H,1H2,2-4H3. The number of likely N-dealkylation sites (N-methyl/N-ethyl adjacent to an activating group) is 1. The Labute approximate surface area is 151 Å². The van der Waals surface area contributed by atoms with E-state index in [4.69, 9.17) is 0 Å². The Morgan fingerprint density at radius 3 is 1.88 bits per heavy atom. The Kier molecular flexibility index (Phi) is 4.76. The van der Waals surface area contributed by atoms with Crippen LogP contribution < -0.4 is 0 Å². The van der Waals surface area contributed by atoms with Crippen molar-refractivity contribution in [2.75, 3.05) is 7.05 Å². The molecule has 2 aromatic rings. The van der Waals surface area contributed by atoms with Gasteiger partial charge in [0.15, 0.2) is 0 Å². The lowest BCUT2D eigenvalue weighted by molar-refractivity contribution is 0.276. The molecular formula is C24H25N. The first kappa shape index (κ1) is 17.0. The molecule has 0 radical (unpaired) electrons. The number of hydrogen-bond donors (Lipinski definition) is 0. The molecular weight excluding hydrogens is 302 g/mol. The predicted molar refractivity (Wildman–Crippen MR) is 108 cm³/mol. The summed E-state index contributed by atoms with van der Waals surface area (Å²) < 4.78 is 0. The number of rotatable bonds is 5. The van der Waals surface area contributed by atoms with Crippen molar-refractivity contribution in [3.05, 3.63) is 114 Å². The number of allylic oxidation sites excluding steroid dienone is 3. The van der Waals surface area contributed by atoms with Crippen molar-refractivity contribution in [2.24, 2.45) is 0 Å². The van der Waals surface area contributed by atoms with Gasteiger partial charge in [-0.1, -0.05) is 79.4 Å². The third kappa shape index (κ3) is 3.36. The van der Waals surface area contributed by atoms with Crippen LogP contribution in [0.3, 0.4) is 0 Å². The van der Waals surface area contributed by atoms with Gasteiger partial charge in [0, 0.05) is 7.05 Å². The summed E-state index contributed by atoms with van der Waals surface area (Å²) >= 11 is 0. The average molecular weight is 327 g/mol. The minimum Gasteiger partial charge on any atom is -0.372 e. The van der Waals surface area contributed by atoms with Crippen LogP contribution in [0.1, 0.15) is 25.0 Å². The lowest BCUT2D eigenvalue weighted by atomic mass is 9.91. The lowest BCUT2D eigenvalue weighted by Crippen LogP contribution is -2.38. The van der Waals surface area contributed by atoms with Gasteiger partial charge in [-0.3, -0.25) is 0 Å². The third-order valence-corrected chi connectivity index (χ3v) is 5.03. The predicted octanol–water partition coefficient (Wildman–Crippen LogP) is 5.84. The summed E-state index contributed by atoms with van der Waals surface area (Å²) in [7, 11) is 2.07. The lowest BCUT2D eigenvalue weighted by Gasteiger charge is -2.35. The topological polar surface area (TPSA) is 3.24 Å². The van der Waals surface area contributed by atoms with E-state index in [9.17, 15) is 0 Å². The van der Waals surface area contributed by atoms with Crippen molar-refractivity contribution in [2.45, 2.75) is 19.4 Å². The highest BCUT2D eigenvalue weighted by atomic mass is 15.1. The fourth-order valence-electron chi connectivity index (χ4n) is 3.12. The second-order valence-electron chi connectivity index (χ2n) is 6.85. The first-order valence-electron chi connectivity index (χ1n) is 8.65. The molecule has 0 atom stereocenters. The molecule has 0 unspecified atom stereocenters. The van der Waals surface area contributed by atoms with E-state index < -0.39 is 0 Å². The molecule has 0 spiro atoms. The van der Waals surface area contributed by atoms with E-state index in [0.717, 1.165) is 0 Å². The minimum atomic E-state index is -0.0987. The van der Waals surface area contributed by atoms with Crippen LogP contribution in [0.5, 0.6) is 0 Å². The van der Waals surface area contributed by atoms with E-state index >= 15 is 0 Å². The van der Waals surface area contributed by atoms with E-state index in [-0.39, 0.29) is 5.54 Å². The van der Waals surface area contributed by atoms with E-state index in [0.29, 0.717) is 0 Å². The maximum absolute atomic E-state index is 3.91. The van der Waals surface area contributed by atoms with Crippen molar-refractivity contribution in [3.8, 4) is 0 Å². The highest BCUT2D eigenvalue weighted by molar-refractivity contribution is 5.86. The second kappa shape index (κ2) is 6.98. The molecule has 0 aromatic heterocycles. The van der Waals surface area contributed by atoms with Crippen LogP contribution in [0, 0.1) is 0 Å². The fraction of sp³-hybridized carbons (Fsp3) is 0.167. The average Bonchev–Trinajstić information content (AvgIpc) is 3.13. The van der Waals surface area contributed by atoms with Crippen LogP contribution in [-0.4, -0.2) is 17.5 Å². The van der Waals surface area contributed by atoms with Gasteiger partial charge in [0.1, 0.15) is 0 Å². The maximum Gasteiger partial charge on any atom is 0.0588 e. The number of hydrogen-bond acceptors (Lipinski definition) is 1. The monoisotopic (exact) mass is 327 g/mol. The Morgan fingerprint density at radius 1 is 0.880 bits per heavy atom. The first-order valence-corrected chi connectivity index (χ1v) is 8.65. The van der Waals surface area contributed by atoms with Crippen LogP contribution in [-0.2, 0) is 0 Å².